The summed E-state index contributed by atoms with van der Waals surface area (Å²) in [4.78, 5) is 24.9. The molecule has 3 N–H and O–H groups in total. The number of rotatable bonds is 6. The first-order valence-corrected chi connectivity index (χ1v) is 7.53. The molecular weight excluding hydrogens is 312 g/mol. The quantitative estimate of drug-likeness (QED) is 0.820. The highest BCUT2D eigenvalue weighted by molar-refractivity contribution is 5.78. The number of fused-ring (bicyclic) bond motifs is 1. The van der Waals surface area contributed by atoms with Gasteiger partial charge in [-0.05, 0) is 12.1 Å². The number of carbonyl (C=O) groups excluding carboxylic acids is 2. The van der Waals surface area contributed by atoms with Gasteiger partial charge in [0.25, 0.3) is 6.01 Å². The molecule has 0 aliphatic rings. The number of ether oxygens (including phenoxy) is 2. The fraction of sp³-hybridized carbons (Fsp3) is 0.438. The molecule has 0 aliphatic heterocycles. The van der Waals surface area contributed by atoms with Gasteiger partial charge in [-0.3, -0.25) is 14.2 Å². The summed E-state index contributed by atoms with van der Waals surface area (Å²) in [5.41, 5.74) is 6.23. The SMILES string of the molecule is CC(N)=O.CCC(=O)NCCn1c(OC)nc2ccc(OC)cc21. The Kier molecular flexibility index (Phi) is 7.54. The standard InChI is InChI=1S/C14H19N3O3.C2H5NO/c1-4-13(18)15-7-8-17-12-9-10(19-2)5-6-11(12)16-14(17)20-3;1-2(3)4/h5-6,9H,4,7-8H2,1-3H3,(H,15,18);1H3,(H2,3,4). The van der Waals surface area contributed by atoms with E-state index in [9.17, 15) is 9.59 Å². The van der Waals surface area contributed by atoms with Crippen LogP contribution in [0, 0.1) is 0 Å². The fourth-order valence-electron chi connectivity index (χ4n) is 2.01. The van der Waals surface area contributed by atoms with Crippen LogP contribution in [0.3, 0.4) is 0 Å². The zero-order valence-corrected chi connectivity index (χ0v) is 14.5. The highest BCUT2D eigenvalue weighted by Crippen LogP contribution is 2.25. The molecule has 0 atom stereocenters. The Hall–Kier alpha value is -2.77. The van der Waals surface area contributed by atoms with Gasteiger partial charge in [-0.2, -0.15) is 4.98 Å². The van der Waals surface area contributed by atoms with Crippen LogP contribution in [-0.2, 0) is 16.1 Å². The summed E-state index contributed by atoms with van der Waals surface area (Å²) in [6.07, 6.45) is 0.482. The molecule has 132 valence electrons. The van der Waals surface area contributed by atoms with Crippen LogP contribution >= 0.6 is 0 Å². The Balaban J connectivity index is 0.000000648. The van der Waals surface area contributed by atoms with Crippen molar-refractivity contribution in [3.8, 4) is 11.8 Å². The maximum atomic E-state index is 11.3. The lowest BCUT2D eigenvalue weighted by Crippen LogP contribution is -2.26. The van der Waals surface area contributed by atoms with Crippen molar-refractivity contribution in [2.24, 2.45) is 5.73 Å². The molecular formula is C16H24N4O4. The summed E-state index contributed by atoms with van der Waals surface area (Å²) in [5, 5.41) is 2.84. The van der Waals surface area contributed by atoms with Crippen molar-refractivity contribution in [2.45, 2.75) is 26.8 Å². The third-order valence-corrected chi connectivity index (χ3v) is 3.08. The van der Waals surface area contributed by atoms with Crippen LogP contribution in [0.15, 0.2) is 18.2 Å². The minimum Gasteiger partial charge on any atom is -0.497 e. The Morgan fingerprint density at radius 2 is 1.96 bits per heavy atom. The summed E-state index contributed by atoms with van der Waals surface area (Å²) in [6.45, 7) is 4.26. The van der Waals surface area contributed by atoms with Crippen LogP contribution in [0.4, 0.5) is 0 Å². The molecule has 0 aliphatic carbocycles. The van der Waals surface area contributed by atoms with Gasteiger partial charge in [0.1, 0.15) is 5.75 Å². The number of hydrogen-bond donors (Lipinski definition) is 2. The van der Waals surface area contributed by atoms with Crippen molar-refractivity contribution < 1.29 is 19.1 Å². The van der Waals surface area contributed by atoms with Gasteiger partial charge in [0.15, 0.2) is 0 Å². The number of nitrogens with one attached hydrogen (secondary N) is 1. The van der Waals surface area contributed by atoms with E-state index < -0.39 is 0 Å². The Labute approximate surface area is 140 Å². The molecule has 2 aromatic rings. The molecule has 0 fully saturated rings. The highest BCUT2D eigenvalue weighted by Gasteiger charge is 2.12. The van der Waals surface area contributed by atoms with Crippen molar-refractivity contribution in [2.75, 3.05) is 20.8 Å². The Morgan fingerprint density at radius 3 is 2.50 bits per heavy atom. The lowest BCUT2D eigenvalue weighted by atomic mass is 10.3. The number of carbonyl (C=O) groups is 2. The van der Waals surface area contributed by atoms with Gasteiger partial charge in [-0.1, -0.05) is 6.92 Å². The molecule has 0 saturated heterocycles. The molecule has 0 spiro atoms. The van der Waals surface area contributed by atoms with E-state index in [-0.39, 0.29) is 11.8 Å². The van der Waals surface area contributed by atoms with Gasteiger partial charge < -0.3 is 20.5 Å². The summed E-state index contributed by atoms with van der Waals surface area (Å²) < 4.78 is 12.4. The van der Waals surface area contributed by atoms with Crippen LogP contribution in [0.1, 0.15) is 20.3 Å². The molecule has 1 aromatic carbocycles. The molecule has 1 aromatic heterocycles. The topological polar surface area (TPSA) is 108 Å². The normalized spacial score (nSPS) is 9.83. The summed E-state index contributed by atoms with van der Waals surface area (Å²) in [5.74, 6) is 0.463. The van der Waals surface area contributed by atoms with E-state index >= 15 is 0 Å². The Bertz CT molecular complexity index is 693. The molecule has 8 nitrogen and oxygen atoms in total. The van der Waals surface area contributed by atoms with Crippen LogP contribution < -0.4 is 20.5 Å². The number of benzene rings is 1. The number of hydrogen-bond acceptors (Lipinski definition) is 5. The van der Waals surface area contributed by atoms with Gasteiger partial charge >= 0.3 is 0 Å². The lowest BCUT2D eigenvalue weighted by molar-refractivity contribution is -0.120. The molecule has 2 rings (SSSR count). The van der Waals surface area contributed by atoms with Crippen LogP contribution in [0.25, 0.3) is 11.0 Å². The van der Waals surface area contributed by atoms with E-state index in [4.69, 9.17) is 9.47 Å². The maximum absolute atomic E-state index is 11.3. The lowest BCUT2D eigenvalue weighted by Gasteiger charge is -2.09. The highest BCUT2D eigenvalue weighted by atomic mass is 16.5. The van der Waals surface area contributed by atoms with Gasteiger partial charge in [-0.25, -0.2) is 0 Å². The number of nitrogens with zero attached hydrogens (tertiary/aromatic N) is 2. The van der Waals surface area contributed by atoms with Crippen molar-refractivity contribution >= 4 is 22.8 Å². The van der Waals surface area contributed by atoms with Crippen molar-refractivity contribution in [1.29, 1.82) is 0 Å². The first-order chi connectivity index (χ1) is 11.4. The van der Waals surface area contributed by atoms with Crippen molar-refractivity contribution in [1.82, 2.24) is 14.9 Å². The van der Waals surface area contributed by atoms with E-state index in [0.29, 0.717) is 25.5 Å². The Morgan fingerprint density at radius 1 is 1.29 bits per heavy atom. The van der Waals surface area contributed by atoms with Crippen molar-refractivity contribution in [3.63, 3.8) is 0 Å². The zero-order chi connectivity index (χ0) is 18.1. The molecule has 2 amide bonds. The van der Waals surface area contributed by atoms with Crippen molar-refractivity contribution in [3.05, 3.63) is 18.2 Å². The van der Waals surface area contributed by atoms with E-state index in [2.05, 4.69) is 16.0 Å². The second kappa shape index (κ2) is 9.39. The van der Waals surface area contributed by atoms with E-state index in [1.54, 1.807) is 14.2 Å². The van der Waals surface area contributed by atoms with Crippen LogP contribution in [-0.4, -0.2) is 42.1 Å². The molecule has 0 saturated carbocycles. The van der Waals surface area contributed by atoms with E-state index in [0.717, 1.165) is 16.8 Å². The first-order valence-electron chi connectivity index (χ1n) is 7.53. The third-order valence-electron chi connectivity index (χ3n) is 3.08. The average molecular weight is 336 g/mol. The zero-order valence-electron chi connectivity index (χ0n) is 14.5. The number of nitrogens with two attached hydrogens (primary N) is 1. The summed E-state index contributed by atoms with van der Waals surface area (Å²) in [6, 6.07) is 6.18. The van der Waals surface area contributed by atoms with E-state index in [1.165, 1.54) is 6.92 Å². The van der Waals surface area contributed by atoms with Crippen LogP contribution in [0.5, 0.6) is 11.8 Å². The first kappa shape index (κ1) is 19.3. The summed E-state index contributed by atoms with van der Waals surface area (Å²) in [7, 11) is 3.21. The van der Waals surface area contributed by atoms with E-state index in [1.807, 2.05) is 29.7 Å². The number of amides is 2. The molecule has 8 heteroatoms. The molecule has 24 heavy (non-hydrogen) atoms. The largest absolute Gasteiger partial charge is 0.497 e. The number of methoxy groups -OCH3 is 2. The van der Waals surface area contributed by atoms with Gasteiger partial charge in [0.05, 0.1) is 25.3 Å². The molecule has 0 radical (unpaired) electrons. The molecule has 0 unspecified atom stereocenters. The van der Waals surface area contributed by atoms with Gasteiger partial charge in [0, 0.05) is 32.5 Å². The summed E-state index contributed by atoms with van der Waals surface area (Å²) >= 11 is 0. The number of primary amides is 1. The molecule has 0 bridgehead atoms. The van der Waals surface area contributed by atoms with Crippen LogP contribution in [0.2, 0.25) is 0 Å². The van der Waals surface area contributed by atoms with Gasteiger partial charge in [-0.15, -0.1) is 0 Å². The monoisotopic (exact) mass is 336 g/mol. The number of aromatic nitrogens is 2. The second-order valence-corrected chi connectivity index (χ2v) is 4.92. The minimum absolute atomic E-state index is 0.0333. The number of imidazole rings is 1. The predicted octanol–water partition coefficient (Wildman–Crippen LogP) is 1.07. The van der Waals surface area contributed by atoms with Gasteiger partial charge in [0.2, 0.25) is 11.8 Å². The molecule has 1 heterocycles. The third kappa shape index (κ3) is 5.45. The predicted molar refractivity (Wildman–Crippen MR) is 91.0 cm³/mol. The average Bonchev–Trinajstić information content (AvgIpc) is 2.91. The smallest absolute Gasteiger partial charge is 0.297 e. The maximum Gasteiger partial charge on any atom is 0.297 e. The second-order valence-electron chi connectivity index (χ2n) is 4.92. The fourth-order valence-corrected chi connectivity index (χ4v) is 2.01. The minimum atomic E-state index is -0.333.